The quantitative estimate of drug-likeness (QED) is 0.745. The Kier molecular flexibility index (Phi) is 2.00. The Morgan fingerprint density at radius 2 is 2.00 bits per heavy atom. The van der Waals surface area contributed by atoms with Gasteiger partial charge in [-0.3, -0.25) is 0 Å². The number of aryl methyl sites for hydroxylation is 2. The van der Waals surface area contributed by atoms with Crippen LogP contribution in [-0.2, 0) is 0 Å². The highest BCUT2D eigenvalue weighted by molar-refractivity contribution is 5.42. The highest BCUT2D eigenvalue weighted by Gasteiger charge is 2.00. The van der Waals surface area contributed by atoms with Crippen LogP contribution >= 0.6 is 0 Å². The predicted octanol–water partition coefficient (Wildman–Crippen LogP) is 2.19. The lowest BCUT2D eigenvalue weighted by Crippen LogP contribution is -1.95. The highest BCUT2D eigenvalue weighted by Crippen LogP contribution is 2.19. The lowest BCUT2D eigenvalue weighted by atomic mass is 10.2. The molecular weight excluding hydrogens is 176 g/mol. The number of rotatable bonds is 1. The van der Waals surface area contributed by atoms with Gasteiger partial charge in [-0.05, 0) is 43.7 Å². The van der Waals surface area contributed by atoms with E-state index in [-0.39, 0.29) is 0 Å². The molecule has 1 heterocycles. The molecule has 3 nitrogen and oxygen atoms in total. The molecule has 3 heteroatoms. The van der Waals surface area contributed by atoms with Crippen LogP contribution in [-0.4, -0.2) is 14.9 Å². The van der Waals surface area contributed by atoms with Crippen molar-refractivity contribution in [1.29, 1.82) is 0 Å². The van der Waals surface area contributed by atoms with Crippen molar-refractivity contribution in [3.63, 3.8) is 0 Å². The van der Waals surface area contributed by atoms with E-state index in [9.17, 15) is 5.11 Å². The van der Waals surface area contributed by atoms with Crippen LogP contribution in [0.2, 0.25) is 0 Å². The summed E-state index contributed by atoms with van der Waals surface area (Å²) in [5.41, 5.74) is 2.81. The Balaban J connectivity index is 2.47. The maximum absolute atomic E-state index is 9.37. The highest BCUT2D eigenvalue weighted by atomic mass is 16.3. The summed E-state index contributed by atoms with van der Waals surface area (Å²) in [4.78, 5) is 0. The molecule has 0 unspecified atom stereocenters. The molecule has 0 saturated carbocycles. The van der Waals surface area contributed by atoms with Gasteiger partial charge in [0.05, 0.1) is 11.4 Å². The summed E-state index contributed by atoms with van der Waals surface area (Å²) in [5.74, 6) is 0.317. The van der Waals surface area contributed by atoms with E-state index in [4.69, 9.17) is 0 Å². The molecule has 2 rings (SSSR count). The Hall–Kier alpha value is -1.77. The average Bonchev–Trinajstić information content (AvgIpc) is 2.57. The van der Waals surface area contributed by atoms with E-state index in [1.54, 1.807) is 10.7 Å². The zero-order chi connectivity index (χ0) is 10.1. The summed E-state index contributed by atoms with van der Waals surface area (Å²) in [5, 5.41) is 13.7. The van der Waals surface area contributed by atoms with Gasteiger partial charge in [0.2, 0.25) is 0 Å². The molecule has 1 aromatic carbocycles. The number of hydrogen-bond acceptors (Lipinski definition) is 2. The topological polar surface area (TPSA) is 38.0 Å². The summed E-state index contributed by atoms with van der Waals surface area (Å²) in [6.07, 6.45) is 1.90. The molecule has 0 saturated heterocycles. The molecule has 0 bridgehead atoms. The monoisotopic (exact) mass is 188 g/mol. The molecule has 0 atom stereocenters. The maximum Gasteiger partial charge on any atom is 0.118 e. The first-order chi connectivity index (χ1) is 6.66. The van der Waals surface area contributed by atoms with Crippen LogP contribution in [0.4, 0.5) is 0 Å². The second kappa shape index (κ2) is 3.18. The number of aromatic nitrogens is 2. The minimum absolute atomic E-state index is 0.317. The molecule has 0 amide bonds. The van der Waals surface area contributed by atoms with Crippen molar-refractivity contribution < 1.29 is 5.11 Å². The van der Waals surface area contributed by atoms with E-state index < -0.39 is 0 Å². The normalized spacial score (nSPS) is 10.4. The number of hydrogen-bond donors (Lipinski definition) is 1. The zero-order valence-electron chi connectivity index (χ0n) is 8.23. The first-order valence-electron chi connectivity index (χ1n) is 4.49. The molecular formula is C11H12N2O. The smallest absolute Gasteiger partial charge is 0.118 e. The van der Waals surface area contributed by atoms with Crippen LogP contribution in [0.1, 0.15) is 11.3 Å². The molecule has 0 fully saturated rings. The summed E-state index contributed by atoms with van der Waals surface area (Å²) < 4.78 is 1.79. The molecule has 1 N–H and O–H groups in total. The molecule has 0 aliphatic carbocycles. The van der Waals surface area contributed by atoms with Gasteiger partial charge in [-0.2, -0.15) is 5.10 Å². The fourth-order valence-corrected chi connectivity index (χ4v) is 1.34. The van der Waals surface area contributed by atoms with Crippen molar-refractivity contribution in [1.82, 2.24) is 9.78 Å². The fourth-order valence-electron chi connectivity index (χ4n) is 1.34. The molecule has 0 radical (unpaired) electrons. The Labute approximate surface area is 82.6 Å². The first-order valence-corrected chi connectivity index (χ1v) is 4.49. The second-order valence-electron chi connectivity index (χ2n) is 3.37. The molecule has 72 valence electrons. The number of phenolic OH excluding ortho intramolecular Hbond substituents is 1. The van der Waals surface area contributed by atoms with Crippen molar-refractivity contribution in [3.05, 3.63) is 41.7 Å². The first kappa shape index (κ1) is 8.81. The third-order valence-corrected chi connectivity index (χ3v) is 2.17. The molecule has 14 heavy (non-hydrogen) atoms. The van der Waals surface area contributed by atoms with Gasteiger partial charge in [-0.25, -0.2) is 4.68 Å². The van der Waals surface area contributed by atoms with Crippen molar-refractivity contribution in [2.45, 2.75) is 13.8 Å². The van der Waals surface area contributed by atoms with Crippen molar-refractivity contribution >= 4 is 0 Å². The van der Waals surface area contributed by atoms with Gasteiger partial charge in [0.1, 0.15) is 5.75 Å². The van der Waals surface area contributed by atoms with Crippen LogP contribution in [0.25, 0.3) is 5.69 Å². The van der Waals surface area contributed by atoms with Crippen LogP contribution in [0.3, 0.4) is 0 Å². The van der Waals surface area contributed by atoms with Crippen LogP contribution in [0.15, 0.2) is 30.5 Å². The van der Waals surface area contributed by atoms with Crippen molar-refractivity contribution in [2.24, 2.45) is 0 Å². The lowest BCUT2D eigenvalue weighted by Gasteiger charge is -2.03. The lowest BCUT2D eigenvalue weighted by molar-refractivity contribution is 0.471. The summed E-state index contributed by atoms with van der Waals surface area (Å²) in [6, 6.07) is 7.38. The fraction of sp³-hybridized carbons (Fsp3) is 0.182. The number of phenols is 1. The maximum atomic E-state index is 9.37. The van der Waals surface area contributed by atoms with E-state index in [0.717, 1.165) is 16.9 Å². The van der Waals surface area contributed by atoms with Crippen molar-refractivity contribution in [2.75, 3.05) is 0 Å². The summed E-state index contributed by atoms with van der Waals surface area (Å²) >= 11 is 0. The summed E-state index contributed by atoms with van der Waals surface area (Å²) in [6.45, 7) is 3.82. The van der Waals surface area contributed by atoms with E-state index in [1.807, 2.05) is 38.2 Å². The molecule has 1 aromatic heterocycles. The van der Waals surface area contributed by atoms with Gasteiger partial charge in [-0.1, -0.05) is 0 Å². The number of benzene rings is 1. The second-order valence-corrected chi connectivity index (χ2v) is 3.37. The Bertz CT molecular complexity index is 460. The third kappa shape index (κ3) is 1.48. The third-order valence-electron chi connectivity index (χ3n) is 2.17. The molecule has 2 aromatic rings. The van der Waals surface area contributed by atoms with Crippen LogP contribution in [0, 0.1) is 13.8 Å². The Morgan fingerprint density at radius 3 is 2.57 bits per heavy atom. The van der Waals surface area contributed by atoms with Crippen LogP contribution in [0.5, 0.6) is 5.75 Å². The van der Waals surface area contributed by atoms with E-state index in [2.05, 4.69) is 5.10 Å². The zero-order valence-corrected chi connectivity index (χ0v) is 8.23. The van der Waals surface area contributed by atoms with E-state index in [1.165, 1.54) is 0 Å². The van der Waals surface area contributed by atoms with Gasteiger partial charge in [0, 0.05) is 6.20 Å². The predicted molar refractivity (Wildman–Crippen MR) is 54.7 cm³/mol. The van der Waals surface area contributed by atoms with Gasteiger partial charge >= 0.3 is 0 Å². The average molecular weight is 188 g/mol. The number of nitrogens with zero attached hydrogens (tertiary/aromatic N) is 2. The Morgan fingerprint density at radius 1 is 1.21 bits per heavy atom. The largest absolute Gasteiger partial charge is 0.508 e. The van der Waals surface area contributed by atoms with Gasteiger partial charge in [0.25, 0.3) is 0 Å². The standard InChI is InChI=1S/C11H12N2O/c1-8-7-10(3-4-11(8)14)13-6-5-9(2)12-13/h3-7,14H,1-2H3. The summed E-state index contributed by atoms with van der Waals surface area (Å²) in [7, 11) is 0. The molecule has 0 aliphatic heterocycles. The molecule has 0 aliphatic rings. The van der Waals surface area contributed by atoms with Gasteiger partial charge < -0.3 is 5.11 Å². The SMILES string of the molecule is Cc1ccn(-c2ccc(O)c(C)c2)n1. The van der Waals surface area contributed by atoms with Crippen molar-refractivity contribution in [3.8, 4) is 11.4 Å². The van der Waals surface area contributed by atoms with E-state index in [0.29, 0.717) is 5.75 Å². The van der Waals surface area contributed by atoms with Gasteiger partial charge in [-0.15, -0.1) is 0 Å². The van der Waals surface area contributed by atoms with E-state index >= 15 is 0 Å². The number of aromatic hydroxyl groups is 1. The molecule has 0 spiro atoms. The van der Waals surface area contributed by atoms with Crippen LogP contribution < -0.4 is 0 Å². The van der Waals surface area contributed by atoms with Gasteiger partial charge in [0.15, 0.2) is 0 Å². The minimum Gasteiger partial charge on any atom is -0.508 e. The minimum atomic E-state index is 0.317.